The number of hydrogen-bond acceptors (Lipinski definition) is 10. The van der Waals surface area contributed by atoms with E-state index in [2.05, 4.69) is 10.1 Å². The Morgan fingerprint density at radius 2 is 2.03 bits per heavy atom. The minimum absolute atomic E-state index is 0.111. The van der Waals surface area contributed by atoms with Crippen LogP contribution in [0.1, 0.15) is 32.6 Å². The highest BCUT2D eigenvalue weighted by molar-refractivity contribution is 8.00. The molecule has 2 aromatic rings. The zero-order valence-corrected chi connectivity index (χ0v) is 20.8. The van der Waals surface area contributed by atoms with Crippen LogP contribution in [0.25, 0.3) is 0 Å². The van der Waals surface area contributed by atoms with Gasteiger partial charge in [0.05, 0.1) is 29.4 Å². The number of benzene rings is 1. The summed E-state index contributed by atoms with van der Waals surface area (Å²) in [5, 5.41) is 12.2. The topological polar surface area (TPSA) is 155 Å². The van der Waals surface area contributed by atoms with Crippen molar-refractivity contribution in [1.82, 2.24) is 14.6 Å². The SMILES string of the molecule is CC(C)OC(=O)[C@H](C)NP(=O)(OC[C@H]1S[C@@H](n2ccc(N)nc2=O)C[C@H]1O)Oc1ccccc1. The molecule has 1 unspecified atom stereocenters. The van der Waals surface area contributed by atoms with Crippen molar-refractivity contribution >= 4 is 31.3 Å². The molecule has 0 bridgehead atoms. The molecule has 1 aromatic carbocycles. The van der Waals surface area contributed by atoms with Gasteiger partial charge in [-0.25, -0.2) is 9.36 Å². The van der Waals surface area contributed by atoms with Gasteiger partial charge in [-0.1, -0.05) is 18.2 Å². The molecule has 186 valence electrons. The maximum Gasteiger partial charge on any atom is 0.459 e. The monoisotopic (exact) mass is 512 g/mol. The van der Waals surface area contributed by atoms with Crippen LogP contribution in [-0.2, 0) is 18.6 Å². The lowest BCUT2D eigenvalue weighted by molar-refractivity contribution is -0.149. The minimum atomic E-state index is -4.05. The predicted molar refractivity (Wildman–Crippen MR) is 128 cm³/mol. The number of carbonyl (C=O) groups excluding carboxylic acids is 1. The van der Waals surface area contributed by atoms with Crippen LogP contribution in [0.4, 0.5) is 5.82 Å². The Morgan fingerprint density at radius 3 is 2.68 bits per heavy atom. The van der Waals surface area contributed by atoms with Crippen molar-refractivity contribution in [2.75, 3.05) is 12.3 Å². The highest BCUT2D eigenvalue weighted by Crippen LogP contribution is 2.48. The summed E-state index contributed by atoms with van der Waals surface area (Å²) in [6, 6.07) is 8.90. The number of hydrogen-bond donors (Lipinski definition) is 3. The maximum atomic E-state index is 13.6. The first-order valence-electron chi connectivity index (χ1n) is 10.7. The average Bonchev–Trinajstić information content (AvgIpc) is 3.12. The molecule has 1 fully saturated rings. The molecule has 0 spiro atoms. The molecule has 0 saturated carbocycles. The molecule has 11 nitrogen and oxygen atoms in total. The van der Waals surface area contributed by atoms with Crippen molar-refractivity contribution in [3.05, 3.63) is 53.1 Å². The van der Waals surface area contributed by atoms with Gasteiger partial charge in [-0.15, -0.1) is 11.8 Å². The number of para-hydroxylation sites is 1. The van der Waals surface area contributed by atoms with Crippen LogP contribution in [0.15, 0.2) is 47.4 Å². The molecule has 1 aliphatic rings. The average molecular weight is 513 g/mol. The normalized spacial score (nSPS) is 22.8. The van der Waals surface area contributed by atoms with Gasteiger partial charge in [0.15, 0.2) is 0 Å². The molecule has 0 aliphatic carbocycles. The Balaban J connectivity index is 1.71. The number of carbonyl (C=O) groups is 1. The van der Waals surface area contributed by atoms with E-state index < -0.39 is 42.2 Å². The second kappa shape index (κ2) is 11.4. The third kappa shape index (κ3) is 7.07. The van der Waals surface area contributed by atoms with Crippen molar-refractivity contribution in [3.8, 4) is 5.75 Å². The van der Waals surface area contributed by atoms with E-state index >= 15 is 0 Å². The lowest BCUT2D eigenvalue weighted by atomic mass is 10.2. The van der Waals surface area contributed by atoms with Crippen LogP contribution >= 0.6 is 19.5 Å². The van der Waals surface area contributed by atoms with Gasteiger partial charge in [0, 0.05) is 12.6 Å². The molecule has 13 heteroatoms. The van der Waals surface area contributed by atoms with E-state index in [1.807, 2.05) is 0 Å². The van der Waals surface area contributed by atoms with Gasteiger partial charge in [0.2, 0.25) is 0 Å². The Bertz CT molecular complexity index is 1080. The van der Waals surface area contributed by atoms with Crippen LogP contribution in [-0.4, -0.2) is 50.7 Å². The second-order valence-electron chi connectivity index (χ2n) is 8.01. The number of aliphatic hydroxyl groups is 1. The number of nitrogen functional groups attached to an aromatic ring is 1. The molecular weight excluding hydrogens is 483 g/mol. The van der Waals surface area contributed by atoms with E-state index in [-0.39, 0.29) is 30.7 Å². The standard InChI is InChI=1S/C21H29N4O7PS/c1-13(2)31-20(27)14(3)24-33(29,32-15-7-5-4-6-8-15)30-12-17-16(26)11-19(34-17)25-10-9-18(22)23-21(25)28/h4-10,13-14,16-17,19,26H,11-12H2,1-3H3,(H,24,29)(H2,22,23,28)/t14-,16+,17+,19+,33?/m0/s1. The molecule has 0 amide bonds. The van der Waals surface area contributed by atoms with Crippen molar-refractivity contribution in [2.45, 2.75) is 56.1 Å². The number of nitrogens with one attached hydrogen (secondary N) is 1. The van der Waals surface area contributed by atoms with Gasteiger partial charge in [-0.2, -0.15) is 10.1 Å². The number of anilines is 1. The zero-order valence-electron chi connectivity index (χ0n) is 19.1. The second-order valence-corrected chi connectivity index (χ2v) is 11.1. The quantitative estimate of drug-likeness (QED) is 0.317. The number of thioether (sulfide) groups is 1. The first-order chi connectivity index (χ1) is 16.1. The maximum absolute atomic E-state index is 13.6. The largest absolute Gasteiger partial charge is 0.462 e. The van der Waals surface area contributed by atoms with Crippen molar-refractivity contribution < 1.29 is 28.3 Å². The predicted octanol–water partition coefficient (Wildman–Crippen LogP) is 2.32. The summed E-state index contributed by atoms with van der Waals surface area (Å²) < 4.78 is 31.4. The summed E-state index contributed by atoms with van der Waals surface area (Å²) >= 11 is 1.28. The molecule has 1 aliphatic heterocycles. The molecule has 2 heterocycles. The Hall–Kier alpha value is -2.37. The number of nitrogens with zero attached hydrogens (tertiary/aromatic N) is 2. The fourth-order valence-electron chi connectivity index (χ4n) is 3.19. The number of ether oxygens (including phenoxy) is 1. The summed E-state index contributed by atoms with van der Waals surface area (Å²) in [5.41, 5.74) is 5.02. The van der Waals surface area contributed by atoms with Crippen molar-refractivity contribution in [2.24, 2.45) is 0 Å². The summed E-state index contributed by atoms with van der Waals surface area (Å²) in [4.78, 5) is 28.1. The van der Waals surface area contributed by atoms with Crippen LogP contribution in [0.5, 0.6) is 5.75 Å². The van der Waals surface area contributed by atoms with E-state index in [1.54, 1.807) is 44.2 Å². The fraction of sp³-hybridized carbons (Fsp3) is 0.476. The molecule has 4 N–H and O–H groups in total. The van der Waals surface area contributed by atoms with Crippen LogP contribution in [0.2, 0.25) is 0 Å². The molecule has 1 aromatic heterocycles. The smallest absolute Gasteiger partial charge is 0.459 e. The third-order valence-electron chi connectivity index (χ3n) is 4.80. The van der Waals surface area contributed by atoms with Gasteiger partial charge >= 0.3 is 19.4 Å². The minimum Gasteiger partial charge on any atom is -0.462 e. The highest BCUT2D eigenvalue weighted by Gasteiger charge is 2.39. The fourth-order valence-corrected chi connectivity index (χ4v) is 6.25. The summed E-state index contributed by atoms with van der Waals surface area (Å²) in [7, 11) is -4.05. The van der Waals surface area contributed by atoms with E-state index in [0.717, 1.165) is 0 Å². The summed E-state index contributed by atoms with van der Waals surface area (Å²) in [5.74, 6) is -0.222. The Labute approximate surface area is 201 Å². The van der Waals surface area contributed by atoms with Gasteiger partial charge in [0.25, 0.3) is 0 Å². The molecule has 34 heavy (non-hydrogen) atoms. The van der Waals surface area contributed by atoms with Crippen molar-refractivity contribution in [1.29, 1.82) is 0 Å². The van der Waals surface area contributed by atoms with Gasteiger partial charge in [-0.05, 0) is 39.0 Å². The summed E-state index contributed by atoms with van der Waals surface area (Å²) in [6.07, 6.45) is 0.595. The third-order valence-corrected chi connectivity index (χ3v) is 7.98. The van der Waals surface area contributed by atoms with Crippen molar-refractivity contribution in [3.63, 3.8) is 0 Å². The van der Waals surface area contributed by atoms with Gasteiger partial charge in [-0.3, -0.25) is 13.9 Å². The number of aromatic nitrogens is 2. The zero-order chi connectivity index (χ0) is 24.9. The molecular formula is C21H29N4O7PS. The number of aliphatic hydroxyl groups excluding tert-OH is 1. The molecule has 0 radical (unpaired) electrons. The number of rotatable bonds is 10. The molecule has 5 atom stereocenters. The van der Waals surface area contributed by atoms with Crippen LogP contribution in [0.3, 0.4) is 0 Å². The summed E-state index contributed by atoms with van der Waals surface area (Å²) in [6.45, 7) is 4.74. The first kappa shape index (κ1) is 26.2. The number of nitrogens with two attached hydrogens (primary N) is 1. The van der Waals surface area contributed by atoms with E-state index in [1.165, 1.54) is 35.5 Å². The van der Waals surface area contributed by atoms with Gasteiger partial charge in [0.1, 0.15) is 17.6 Å². The Kier molecular flexibility index (Phi) is 8.78. The number of esters is 1. The van der Waals surface area contributed by atoms with Crippen LogP contribution < -0.4 is 21.0 Å². The van der Waals surface area contributed by atoms with Gasteiger partial charge < -0.3 is 20.1 Å². The lowest BCUT2D eigenvalue weighted by Gasteiger charge is -2.25. The lowest BCUT2D eigenvalue weighted by Crippen LogP contribution is -2.37. The van der Waals surface area contributed by atoms with Crippen LogP contribution in [0, 0.1) is 0 Å². The Morgan fingerprint density at radius 1 is 1.32 bits per heavy atom. The van der Waals surface area contributed by atoms with E-state index in [0.29, 0.717) is 0 Å². The molecule has 3 rings (SSSR count). The van der Waals surface area contributed by atoms with E-state index in [4.69, 9.17) is 19.5 Å². The van der Waals surface area contributed by atoms with E-state index in [9.17, 15) is 19.3 Å². The molecule has 1 saturated heterocycles. The highest BCUT2D eigenvalue weighted by atomic mass is 32.2. The first-order valence-corrected chi connectivity index (χ1v) is 13.2.